The van der Waals surface area contributed by atoms with Crippen molar-refractivity contribution in [2.24, 2.45) is 11.8 Å². The summed E-state index contributed by atoms with van der Waals surface area (Å²) in [4.78, 5) is 41.4. The molecule has 9 nitrogen and oxygen atoms in total. The lowest BCUT2D eigenvalue weighted by molar-refractivity contribution is -0.129. The van der Waals surface area contributed by atoms with E-state index >= 15 is 0 Å². The highest BCUT2D eigenvalue weighted by molar-refractivity contribution is 6.41. The molecule has 4 N–H and O–H groups in total. The summed E-state index contributed by atoms with van der Waals surface area (Å²) in [6.07, 6.45) is 1.25. The van der Waals surface area contributed by atoms with Crippen molar-refractivity contribution >= 4 is 44.3 Å². The lowest BCUT2D eigenvalue weighted by Crippen LogP contribution is -2.56. The molecule has 1 fully saturated rings. The Kier molecular flexibility index (Phi) is 8.15. The molecule has 0 spiro atoms. The number of nitrogens with one attached hydrogen (secondary N) is 4. The number of aromatic nitrogens is 1. The fourth-order valence-electron chi connectivity index (χ4n) is 4.23. The van der Waals surface area contributed by atoms with Gasteiger partial charge in [0.2, 0.25) is 11.8 Å². The number of fused-ring (bicyclic) bond motifs is 1. The van der Waals surface area contributed by atoms with Crippen molar-refractivity contribution in [1.82, 2.24) is 20.9 Å². The average Bonchev–Trinajstić information content (AvgIpc) is 3.23. The second kappa shape index (κ2) is 10.9. The van der Waals surface area contributed by atoms with Crippen LogP contribution in [0.25, 0.3) is 10.9 Å². The van der Waals surface area contributed by atoms with E-state index in [1.807, 2.05) is 32.0 Å². The highest BCUT2D eigenvalue weighted by atomic mass is 16.5. The van der Waals surface area contributed by atoms with Gasteiger partial charge in [-0.2, -0.15) is 5.26 Å². The molecule has 3 rings (SSSR count). The minimum absolute atomic E-state index is 0.0979. The second-order valence-electron chi connectivity index (χ2n) is 9.45. The van der Waals surface area contributed by atoms with E-state index in [0.717, 1.165) is 10.9 Å². The predicted molar refractivity (Wildman–Crippen MR) is 133 cm³/mol. The largest absolute Gasteiger partial charge is 0.496 e. The zero-order chi connectivity index (χ0) is 25.8. The third kappa shape index (κ3) is 6.59. The number of nitrogens with zero attached hydrogens (tertiary/aromatic N) is 1. The molecule has 1 aromatic carbocycles. The van der Waals surface area contributed by atoms with Crippen molar-refractivity contribution in [1.29, 1.82) is 5.26 Å². The molecule has 3 atom stereocenters. The van der Waals surface area contributed by atoms with Crippen LogP contribution >= 0.6 is 0 Å². The Labute approximate surface area is 207 Å². The molecule has 35 heavy (non-hydrogen) atoms. The molecule has 180 valence electrons. The molecule has 2 heterocycles. The maximum absolute atomic E-state index is 13.1. The van der Waals surface area contributed by atoms with Crippen molar-refractivity contribution in [3.63, 3.8) is 0 Å². The van der Waals surface area contributed by atoms with E-state index < -0.39 is 35.2 Å². The first-order valence-corrected chi connectivity index (χ1v) is 11.6. The normalized spacial score (nSPS) is 18.8. The van der Waals surface area contributed by atoms with Crippen molar-refractivity contribution in [3.05, 3.63) is 30.0 Å². The number of carbonyl (C=O) groups excluding carboxylic acids is 3. The number of rotatable bonds is 9. The van der Waals surface area contributed by atoms with Gasteiger partial charge < -0.3 is 25.7 Å². The average molecular weight is 473 g/mol. The van der Waals surface area contributed by atoms with Gasteiger partial charge in [0.25, 0.3) is 5.91 Å². The highest BCUT2D eigenvalue weighted by Gasteiger charge is 2.34. The summed E-state index contributed by atoms with van der Waals surface area (Å²) in [5.41, 5.74) is 1.02. The molecule has 11 heteroatoms. The standard InChI is InChI=1S/C24H29B2N5O4/c1-13(2)9-18(30-23(34)19-11-16-17(29-19)5-4-6-20(16)35-3)22(33)28-15(12-27)10-14-7-8-24(25,26)31-21(14)32/h4-6,11,13-15,18,29H,7-10H2,1-3H3,(H,28,33)(H,30,34)(H,31,32)/t14-,15-,18-/m0/s1. The van der Waals surface area contributed by atoms with Crippen molar-refractivity contribution in [3.8, 4) is 11.8 Å². The summed E-state index contributed by atoms with van der Waals surface area (Å²) in [5, 5.41) is 17.1. The van der Waals surface area contributed by atoms with Crippen LogP contribution in [0.15, 0.2) is 24.3 Å². The van der Waals surface area contributed by atoms with Gasteiger partial charge in [-0.1, -0.05) is 19.9 Å². The van der Waals surface area contributed by atoms with Gasteiger partial charge in [-0.3, -0.25) is 14.4 Å². The first-order chi connectivity index (χ1) is 16.5. The quantitative estimate of drug-likeness (QED) is 0.407. The second-order valence-corrected chi connectivity index (χ2v) is 9.45. The smallest absolute Gasteiger partial charge is 0.268 e. The van der Waals surface area contributed by atoms with Gasteiger partial charge in [0, 0.05) is 16.8 Å². The van der Waals surface area contributed by atoms with E-state index in [9.17, 15) is 19.6 Å². The van der Waals surface area contributed by atoms with Crippen LogP contribution in [-0.4, -0.2) is 62.9 Å². The van der Waals surface area contributed by atoms with E-state index in [0.29, 0.717) is 25.0 Å². The predicted octanol–water partition coefficient (Wildman–Crippen LogP) is 1.24. The minimum atomic E-state index is -1.27. The Morgan fingerprint density at radius 2 is 2.06 bits per heavy atom. The number of amides is 3. The Morgan fingerprint density at radius 3 is 2.69 bits per heavy atom. The number of hydrogen-bond donors (Lipinski definition) is 4. The number of piperidine rings is 1. The fraction of sp³-hybridized carbons (Fsp3) is 0.500. The van der Waals surface area contributed by atoms with Crippen LogP contribution in [0, 0.1) is 23.2 Å². The molecule has 3 amide bonds. The molecule has 0 bridgehead atoms. The number of H-pyrrole nitrogens is 1. The van der Waals surface area contributed by atoms with Gasteiger partial charge in [0.1, 0.15) is 23.5 Å². The molecular formula is C24H29B2N5O4. The van der Waals surface area contributed by atoms with Gasteiger partial charge >= 0.3 is 0 Å². The molecule has 0 aliphatic carbocycles. The maximum Gasteiger partial charge on any atom is 0.268 e. The summed E-state index contributed by atoms with van der Waals surface area (Å²) in [5.74, 6) is -1.07. The van der Waals surface area contributed by atoms with Gasteiger partial charge in [-0.25, -0.2) is 0 Å². The third-order valence-corrected chi connectivity index (χ3v) is 6.04. The summed E-state index contributed by atoms with van der Waals surface area (Å²) < 4.78 is 5.34. The van der Waals surface area contributed by atoms with Gasteiger partial charge in [0.15, 0.2) is 0 Å². The number of benzene rings is 1. The Morgan fingerprint density at radius 1 is 1.31 bits per heavy atom. The van der Waals surface area contributed by atoms with Gasteiger partial charge in [-0.05, 0) is 55.1 Å². The van der Waals surface area contributed by atoms with Crippen molar-refractivity contribution in [2.45, 2.75) is 57.0 Å². The number of hydrogen-bond acceptors (Lipinski definition) is 5. The SMILES string of the molecule is [B]C1([B])CC[C@@H](C[C@@H](C#N)NC(=O)[C@H](CC(C)C)NC(=O)c2cc3c(OC)cccc3[nH]2)C(=O)N1. The number of ether oxygens (including phenoxy) is 1. The van der Waals surface area contributed by atoms with Crippen LogP contribution < -0.4 is 20.7 Å². The summed E-state index contributed by atoms with van der Waals surface area (Å²) >= 11 is 0. The first kappa shape index (κ1) is 26.2. The van der Waals surface area contributed by atoms with Gasteiger partial charge in [0.05, 0.1) is 28.9 Å². The van der Waals surface area contributed by atoms with Crippen LogP contribution in [0.1, 0.15) is 50.0 Å². The summed E-state index contributed by atoms with van der Waals surface area (Å²) in [6, 6.07) is 7.36. The van der Waals surface area contributed by atoms with Gasteiger partial charge in [-0.15, -0.1) is 0 Å². The molecule has 0 saturated carbocycles. The lowest BCUT2D eigenvalue weighted by atomic mass is 9.57. The van der Waals surface area contributed by atoms with Crippen LogP contribution in [0.2, 0.25) is 0 Å². The Bertz CT molecular complexity index is 1140. The van der Waals surface area contributed by atoms with Crippen LogP contribution in [-0.2, 0) is 9.59 Å². The maximum atomic E-state index is 13.1. The molecule has 1 aliphatic rings. The monoisotopic (exact) mass is 473 g/mol. The highest BCUT2D eigenvalue weighted by Crippen LogP contribution is 2.26. The number of aromatic amines is 1. The van der Waals surface area contributed by atoms with E-state index in [4.69, 9.17) is 20.4 Å². The molecule has 0 unspecified atom stereocenters. The van der Waals surface area contributed by atoms with E-state index in [-0.39, 0.29) is 23.9 Å². The van der Waals surface area contributed by atoms with Crippen LogP contribution in [0.4, 0.5) is 0 Å². The molecular weight excluding hydrogens is 444 g/mol. The summed E-state index contributed by atoms with van der Waals surface area (Å²) in [6.45, 7) is 3.86. The minimum Gasteiger partial charge on any atom is -0.496 e. The molecule has 1 aromatic heterocycles. The fourth-order valence-corrected chi connectivity index (χ4v) is 4.23. The van der Waals surface area contributed by atoms with E-state index in [2.05, 4.69) is 20.9 Å². The van der Waals surface area contributed by atoms with Crippen LogP contribution in [0.3, 0.4) is 0 Å². The molecule has 4 radical (unpaired) electrons. The molecule has 2 aromatic rings. The number of nitriles is 1. The zero-order valence-corrected chi connectivity index (χ0v) is 20.2. The van der Waals surface area contributed by atoms with Crippen molar-refractivity contribution in [2.75, 3.05) is 7.11 Å². The van der Waals surface area contributed by atoms with Crippen LogP contribution in [0.5, 0.6) is 5.75 Å². The lowest BCUT2D eigenvalue weighted by Gasteiger charge is -2.36. The Balaban J connectivity index is 1.69. The number of carbonyl (C=O) groups is 3. The first-order valence-electron chi connectivity index (χ1n) is 11.6. The van der Waals surface area contributed by atoms with E-state index in [1.54, 1.807) is 19.2 Å². The Hall–Kier alpha value is -3.41. The molecule has 1 aliphatic heterocycles. The number of methoxy groups -OCH3 is 1. The summed E-state index contributed by atoms with van der Waals surface area (Å²) in [7, 11) is 13.1. The van der Waals surface area contributed by atoms with Crippen molar-refractivity contribution < 1.29 is 19.1 Å². The topological polar surface area (TPSA) is 136 Å². The van der Waals surface area contributed by atoms with E-state index in [1.165, 1.54) is 0 Å². The molecule has 1 saturated heterocycles. The third-order valence-electron chi connectivity index (χ3n) is 6.04. The zero-order valence-electron chi connectivity index (χ0n) is 20.2.